The summed E-state index contributed by atoms with van der Waals surface area (Å²) in [4.78, 5) is 42.1. The van der Waals surface area contributed by atoms with E-state index in [0.717, 1.165) is 57.1 Å². The van der Waals surface area contributed by atoms with Crippen LogP contribution in [0.4, 0.5) is 39.5 Å². The normalized spacial score (nSPS) is 12.0. The van der Waals surface area contributed by atoms with Crippen LogP contribution < -0.4 is 0 Å². The van der Waals surface area contributed by atoms with Crippen molar-refractivity contribution in [1.29, 1.82) is 0 Å². The summed E-state index contributed by atoms with van der Waals surface area (Å²) >= 11 is 0. The maximum absolute atomic E-state index is 13.3. The summed E-state index contributed by atoms with van der Waals surface area (Å²) in [7, 11) is 0. The molecular formula is C51H35F9N10. The molecule has 10 nitrogen and oxygen atoms in total. The number of H-pyrrole nitrogens is 2. The van der Waals surface area contributed by atoms with E-state index < -0.39 is 35.2 Å². The summed E-state index contributed by atoms with van der Waals surface area (Å²) in [6, 6.07) is 28.7. The van der Waals surface area contributed by atoms with Gasteiger partial charge in [-0.05, 0) is 104 Å². The highest BCUT2D eigenvalue weighted by molar-refractivity contribution is 5.86. The van der Waals surface area contributed by atoms with E-state index in [1.165, 1.54) is 18.3 Å². The van der Waals surface area contributed by atoms with Gasteiger partial charge in [0.05, 0.1) is 72.9 Å². The maximum atomic E-state index is 13.3. The van der Waals surface area contributed by atoms with Gasteiger partial charge in [0.15, 0.2) is 0 Å². The van der Waals surface area contributed by atoms with Crippen molar-refractivity contribution in [3.8, 4) is 45.3 Å². The van der Waals surface area contributed by atoms with Gasteiger partial charge >= 0.3 is 18.5 Å². The first-order valence-electron chi connectivity index (χ1n) is 21.3. The minimum atomic E-state index is -4.94. The fourth-order valence-corrected chi connectivity index (χ4v) is 7.71. The number of nitrogens with one attached hydrogen (secondary N) is 2. The Balaban J connectivity index is 0.000000175. The number of pyridine rings is 2. The van der Waals surface area contributed by atoms with Gasteiger partial charge in [-0.25, -0.2) is 9.97 Å². The van der Waals surface area contributed by atoms with Crippen molar-refractivity contribution in [2.45, 2.75) is 45.2 Å². The fraction of sp³-hybridized carbons (Fsp3) is 0.137. The number of alkyl halides is 9. The number of benzene rings is 4. The average molecular weight is 959 g/mol. The lowest BCUT2D eigenvalue weighted by Crippen LogP contribution is -2.12. The number of hydrogen-bond donors (Lipinski definition) is 2. The number of aromatic nitrogens is 10. The molecule has 19 heteroatoms. The summed E-state index contributed by atoms with van der Waals surface area (Å²) in [5.41, 5.74) is 6.53. The Labute approximate surface area is 391 Å². The Bertz CT molecular complexity index is 3470. The highest BCUT2D eigenvalue weighted by Crippen LogP contribution is 2.38. The number of rotatable bonds is 8. The molecule has 0 aliphatic rings. The Morgan fingerprint density at radius 3 is 1.23 bits per heavy atom. The first kappa shape index (κ1) is 46.7. The van der Waals surface area contributed by atoms with Gasteiger partial charge in [0.1, 0.15) is 11.6 Å². The van der Waals surface area contributed by atoms with Crippen molar-refractivity contribution in [3.05, 3.63) is 191 Å². The van der Waals surface area contributed by atoms with E-state index in [0.29, 0.717) is 63.8 Å². The van der Waals surface area contributed by atoms with Gasteiger partial charge < -0.3 is 9.97 Å². The molecule has 6 aromatic heterocycles. The molecule has 2 N–H and O–H groups in total. The molecule has 0 atom stereocenters. The number of imidazole rings is 2. The second-order valence-electron chi connectivity index (χ2n) is 16.1. The molecule has 0 fully saturated rings. The number of halogens is 9. The van der Waals surface area contributed by atoms with E-state index in [9.17, 15) is 39.5 Å². The number of aryl methyl sites for hydroxylation is 2. The Morgan fingerprint density at radius 1 is 0.400 bits per heavy atom. The van der Waals surface area contributed by atoms with Crippen molar-refractivity contribution >= 4 is 22.1 Å². The molecule has 6 heterocycles. The molecule has 70 heavy (non-hydrogen) atoms. The minimum absolute atomic E-state index is 0.106. The van der Waals surface area contributed by atoms with Gasteiger partial charge in [0.2, 0.25) is 0 Å². The molecule has 10 aromatic rings. The summed E-state index contributed by atoms with van der Waals surface area (Å²) in [6.45, 7) is 3.71. The molecule has 0 saturated heterocycles. The minimum Gasteiger partial charge on any atom is -0.340 e. The molecule has 0 amide bonds. The SMILES string of the molecule is Cc1cccc(-c2[nH]c(Cc3cc(C(F)(F)F)cc(C(F)(F)F)c3)nc2-c2ccc3nccnc3c2)n1.Cc1cccc(-c2[nH]c(Cc3ccc(C(F)(F)F)cc3)nc2-c2ccc3nccnc3c2)n1. The van der Waals surface area contributed by atoms with Crippen molar-refractivity contribution in [2.24, 2.45) is 0 Å². The zero-order valence-corrected chi connectivity index (χ0v) is 36.7. The molecule has 0 aliphatic carbocycles. The molecule has 352 valence electrons. The van der Waals surface area contributed by atoms with Crippen LogP contribution in [-0.4, -0.2) is 49.8 Å². The third kappa shape index (κ3) is 10.5. The molecule has 0 spiro atoms. The molecule has 10 rings (SSSR count). The zero-order chi connectivity index (χ0) is 49.4. The molecule has 0 bridgehead atoms. The van der Waals surface area contributed by atoms with Gasteiger partial charge in [-0.1, -0.05) is 36.4 Å². The maximum Gasteiger partial charge on any atom is 0.416 e. The van der Waals surface area contributed by atoms with Crippen LogP contribution in [0.3, 0.4) is 0 Å². The summed E-state index contributed by atoms with van der Waals surface area (Å²) < 4.78 is 119. The van der Waals surface area contributed by atoms with E-state index in [4.69, 9.17) is 4.98 Å². The second kappa shape index (κ2) is 18.6. The predicted octanol–water partition coefficient (Wildman–Crippen LogP) is 13.0. The Morgan fingerprint density at radius 2 is 0.814 bits per heavy atom. The standard InChI is InChI=1S/C26H17F6N5.C25H18F3N5/c1-14-3-2-4-20(35-14)24-23(16-5-6-19-21(12-16)34-8-7-33-19)36-22(37-24)11-15-9-17(25(27,28)29)13-18(10-15)26(30,31)32;1-15-3-2-4-20(31-15)24-23(17-7-10-19-21(14-17)30-12-11-29-19)32-22(33-24)13-16-5-8-18(9-6-16)25(26,27)28/h2-10,12-13H,11H2,1H3,(H,36,37);2-12,14H,13H2,1H3,(H,32,33). The van der Waals surface area contributed by atoms with E-state index in [-0.39, 0.29) is 23.9 Å². The van der Waals surface area contributed by atoms with Crippen LogP contribution in [0.1, 0.15) is 50.9 Å². The molecular weight excluding hydrogens is 924 g/mol. The second-order valence-corrected chi connectivity index (χ2v) is 16.1. The van der Waals surface area contributed by atoms with E-state index in [1.807, 2.05) is 43.3 Å². The van der Waals surface area contributed by atoms with Crippen LogP contribution in [0.5, 0.6) is 0 Å². The summed E-state index contributed by atoms with van der Waals surface area (Å²) in [6.07, 6.45) is -7.81. The molecule has 0 unspecified atom stereocenters. The van der Waals surface area contributed by atoms with Crippen LogP contribution in [-0.2, 0) is 31.4 Å². The van der Waals surface area contributed by atoms with Gasteiger partial charge in [0.25, 0.3) is 0 Å². The van der Waals surface area contributed by atoms with Gasteiger partial charge in [-0.3, -0.25) is 29.9 Å². The number of nitrogens with zero attached hydrogens (tertiary/aromatic N) is 8. The van der Waals surface area contributed by atoms with Crippen molar-refractivity contribution in [1.82, 2.24) is 49.8 Å². The first-order chi connectivity index (χ1) is 33.3. The van der Waals surface area contributed by atoms with Gasteiger partial charge in [-0.2, -0.15) is 39.5 Å². The fourth-order valence-electron chi connectivity index (χ4n) is 7.71. The molecule has 4 aromatic carbocycles. The zero-order valence-electron chi connectivity index (χ0n) is 36.7. The van der Waals surface area contributed by atoms with E-state index in [2.05, 4.69) is 44.9 Å². The highest BCUT2D eigenvalue weighted by atomic mass is 19.4. The topological polar surface area (TPSA) is 135 Å². The lowest BCUT2D eigenvalue weighted by Gasteiger charge is -2.13. The third-order valence-electron chi connectivity index (χ3n) is 11.0. The highest BCUT2D eigenvalue weighted by Gasteiger charge is 2.37. The van der Waals surface area contributed by atoms with Gasteiger partial charge in [-0.15, -0.1) is 0 Å². The third-order valence-corrected chi connectivity index (χ3v) is 11.0. The van der Waals surface area contributed by atoms with Crippen molar-refractivity contribution in [3.63, 3.8) is 0 Å². The largest absolute Gasteiger partial charge is 0.416 e. The van der Waals surface area contributed by atoms with Crippen LogP contribution >= 0.6 is 0 Å². The molecule has 0 saturated carbocycles. The smallest absolute Gasteiger partial charge is 0.340 e. The first-order valence-corrected chi connectivity index (χ1v) is 21.3. The lowest BCUT2D eigenvalue weighted by atomic mass is 10.0. The summed E-state index contributed by atoms with van der Waals surface area (Å²) in [5, 5.41) is 0. The van der Waals surface area contributed by atoms with Crippen LogP contribution in [0.2, 0.25) is 0 Å². The van der Waals surface area contributed by atoms with E-state index >= 15 is 0 Å². The average Bonchev–Trinajstić information content (AvgIpc) is 3.95. The predicted molar refractivity (Wildman–Crippen MR) is 244 cm³/mol. The van der Waals surface area contributed by atoms with Crippen LogP contribution in [0.15, 0.2) is 140 Å². The quantitative estimate of drug-likeness (QED) is 0.144. The Kier molecular flexibility index (Phi) is 12.4. The van der Waals surface area contributed by atoms with Gasteiger partial charge in [0, 0.05) is 60.1 Å². The lowest BCUT2D eigenvalue weighted by molar-refractivity contribution is -0.143. The number of fused-ring (bicyclic) bond motifs is 2. The number of hydrogen-bond acceptors (Lipinski definition) is 8. The van der Waals surface area contributed by atoms with Crippen molar-refractivity contribution in [2.75, 3.05) is 0 Å². The Hall–Kier alpha value is -8.35. The van der Waals surface area contributed by atoms with E-state index in [1.54, 1.807) is 61.9 Å². The van der Waals surface area contributed by atoms with Crippen molar-refractivity contribution < 1.29 is 39.5 Å². The summed E-state index contributed by atoms with van der Waals surface area (Å²) in [5.74, 6) is 0.808. The monoisotopic (exact) mass is 958 g/mol. The number of aromatic amines is 2. The molecule has 0 radical (unpaired) electrons. The molecule has 0 aliphatic heterocycles. The van der Waals surface area contributed by atoms with Crippen LogP contribution in [0, 0.1) is 13.8 Å². The van der Waals surface area contributed by atoms with Crippen LogP contribution in [0.25, 0.3) is 67.4 Å².